The van der Waals surface area contributed by atoms with E-state index in [2.05, 4.69) is 76.2 Å². The molecule has 0 aliphatic carbocycles. The second-order valence-corrected chi connectivity index (χ2v) is 26.8. The molecule has 296 valence electrons. The molecule has 0 aromatic rings. The Morgan fingerprint density at radius 1 is 0.980 bits per heavy atom. The third-order valence-corrected chi connectivity index (χ3v) is 23.1. The van der Waals surface area contributed by atoms with Crippen LogP contribution in [-0.4, -0.2) is 75.0 Å². The van der Waals surface area contributed by atoms with Crippen LogP contribution >= 0.6 is 0 Å². The third kappa shape index (κ3) is 13.0. The Labute approximate surface area is 315 Å². The van der Waals surface area contributed by atoms with E-state index in [4.69, 9.17) is 18.3 Å². The summed E-state index contributed by atoms with van der Waals surface area (Å²) in [6.45, 7) is 30.4. The molecule has 7 nitrogen and oxygen atoms in total. The molecule has 0 bridgehead atoms. The van der Waals surface area contributed by atoms with Crippen molar-refractivity contribution in [3.63, 3.8) is 0 Å². The molecule has 2 N–H and O–H groups in total. The van der Waals surface area contributed by atoms with Crippen LogP contribution in [0.1, 0.15) is 129 Å². The van der Waals surface area contributed by atoms with Crippen molar-refractivity contribution in [2.24, 2.45) is 17.8 Å². The standard InChI is InChI=1S/C42H78O7Si2/c1-15-37(49-51(18-4,19-5)30(8)9)34(13)41-38(46-41)28-42(14,45)26-20-21-32(11)40-33(12)23-25-36(43)31(10)22-24-35(27-39(44)47-40)48-50(16-2,17-3)29(6)7/h20-21,23,25-26,29-31,33-38,40-41,43,45H,15-19,22,24,27-28H2,1-14H3/b25-23+,26-20+,32-21+. The number of allylic oxidation sites excluding steroid dienone is 2. The minimum Gasteiger partial charge on any atom is -0.457 e. The Morgan fingerprint density at radius 3 is 2.10 bits per heavy atom. The lowest BCUT2D eigenvalue weighted by Gasteiger charge is -2.39. The Hall–Kier alpha value is -1.08. The van der Waals surface area contributed by atoms with Crippen LogP contribution in [0.25, 0.3) is 0 Å². The lowest BCUT2D eigenvalue weighted by atomic mass is 9.91. The maximum Gasteiger partial charge on any atom is 0.308 e. The minimum absolute atomic E-state index is 0.0138. The van der Waals surface area contributed by atoms with Gasteiger partial charge in [0.25, 0.3) is 0 Å². The maximum atomic E-state index is 13.5. The second-order valence-electron chi connectivity index (χ2n) is 16.9. The van der Waals surface area contributed by atoms with E-state index < -0.39 is 34.4 Å². The van der Waals surface area contributed by atoms with E-state index in [0.29, 0.717) is 23.9 Å². The molecular formula is C42H78O7Si2. The predicted molar refractivity (Wildman–Crippen MR) is 217 cm³/mol. The molecule has 0 aromatic carbocycles. The highest BCUT2D eigenvalue weighted by molar-refractivity contribution is 6.75. The highest BCUT2D eigenvalue weighted by atomic mass is 28.4. The quantitative estimate of drug-likeness (QED) is 0.0473. The van der Waals surface area contributed by atoms with Crippen molar-refractivity contribution < 1.29 is 33.3 Å². The van der Waals surface area contributed by atoms with Gasteiger partial charge >= 0.3 is 5.97 Å². The Morgan fingerprint density at radius 2 is 1.57 bits per heavy atom. The molecular weight excluding hydrogens is 673 g/mol. The van der Waals surface area contributed by atoms with Gasteiger partial charge in [-0.2, -0.15) is 0 Å². The van der Waals surface area contributed by atoms with Crippen LogP contribution in [0.4, 0.5) is 0 Å². The molecule has 51 heavy (non-hydrogen) atoms. The summed E-state index contributed by atoms with van der Waals surface area (Å²) in [7, 11) is -3.87. The van der Waals surface area contributed by atoms with Gasteiger partial charge in [-0.05, 0) is 79.9 Å². The molecule has 0 aromatic heterocycles. The van der Waals surface area contributed by atoms with Gasteiger partial charge in [-0.15, -0.1) is 0 Å². The summed E-state index contributed by atoms with van der Waals surface area (Å²) in [6, 6.07) is 4.25. The first-order valence-electron chi connectivity index (χ1n) is 20.5. The normalized spacial score (nSPS) is 30.4. The number of aliphatic hydroxyl groups excluding tert-OH is 1. The van der Waals surface area contributed by atoms with Gasteiger partial charge < -0.3 is 28.5 Å². The number of carbonyl (C=O) groups excluding carboxylic acids is 1. The number of rotatable bonds is 18. The van der Waals surface area contributed by atoms with E-state index in [1.165, 1.54) is 0 Å². The number of hydrogen-bond donors (Lipinski definition) is 2. The van der Waals surface area contributed by atoms with Gasteiger partial charge in [-0.25, -0.2) is 0 Å². The number of epoxide rings is 1. The molecule has 0 saturated carbocycles. The van der Waals surface area contributed by atoms with E-state index in [1.807, 2.05) is 51.2 Å². The van der Waals surface area contributed by atoms with Gasteiger partial charge in [-0.1, -0.05) is 113 Å². The van der Waals surface area contributed by atoms with Crippen LogP contribution in [0.5, 0.6) is 0 Å². The number of esters is 1. The van der Waals surface area contributed by atoms with E-state index in [0.717, 1.165) is 42.6 Å². The zero-order valence-electron chi connectivity index (χ0n) is 35.0. The number of carbonyl (C=O) groups is 1. The highest BCUT2D eigenvalue weighted by Crippen LogP contribution is 2.41. The summed E-state index contributed by atoms with van der Waals surface area (Å²) in [5, 5.41) is 22.3. The van der Waals surface area contributed by atoms with Gasteiger partial charge in [0.1, 0.15) is 6.10 Å². The van der Waals surface area contributed by atoms with Gasteiger partial charge in [0.05, 0.1) is 36.4 Å². The molecule has 9 heteroatoms. The van der Waals surface area contributed by atoms with Crippen molar-refractivity contribution in [2.45, 2.75) is 207 Å². The van der Waals surface area contributed by atoms with Crippen LogP contribution in [0.15, 0.2) is 36.0 Å². The molecule has 10 atom stereocenters. The van der Waals surface area contributed by atoms with Gasteiger partial charge in [0.15, 0.2) is 16.6 Å². The average Bonchev–Trinajstić information content (AvgIpc) is 3.84. The summed E-state index contributed by atoms with van der Waals surface area (Å²) in [5.74, 6) is -0.0946. The molecule has 1 saturated heterocycles. The van der Waals surface area contributed by atoms with Crippen molar-refractivity contribution in [3.05, 3.63) is 36.0 Å². The van der Waals surface area contributed by atoms with Crippen LogP contribution in [-0.2, 0) is 23.1 Å². The highest BCUT2D eigenvalue weighted by Gasteiger charge is 2.49. The van der Waals surface area contributed by atoms with E-state index in [-0.39, 0.29) is 54.6 Å². The van der Waals surface area contributed by atoms with Crippen LogP contribution < -0.4 is 0 Å². The molecule has 2 heterocycles. The molecule has 2 rings (SSSR count). The minimum atomic E-state index is -2.04. The van der Waals surface area contributed by atoms with E-state index >= 15 is 0 Å². The molecule has 0 spiro atoms. The maximum absolute atomic E-state index is 13.5. The number of cyclic esters (lactones) is 1. The summed E-state index contributed by atoms with van der Waals surface area (Å²) >= 11 is 0. The average molecular weight is 751 g/mol. The van der Waals surface area contributed by atoms with Crippen LogP contribution in [0, 0.1) is 17.8 Å². The summed E-state index contributed by atoms with van der Waals surface area (Å²) in [4.78, 5) is 13.5. The van der Waals surface area contributed by atoms with Crippen LogP contribution in [0.2, 0.25) is 35.3 Å². The fraction of sp³-hybridized carbons (Fsp3) is 0.833. The molecule has 0 amide bonds. The fourth-order valence-corrected chi connectivity index (χ4v) is 15.6. The number of ether oxygens (including phenoxy) is 2. The lowest BCUT2D eigenvalue weighted by Crippen LogP contribution is -2.46. The van der Waals surface area contributed by atoms with Gasteiger partial charge in [-0.3, -0.25) is 4.79 Å². The third-order valence-electron chi connectivity index (χ3n) is 12.6. The molecule has 1 fully saturated rings. The topological polar surface area (TPSA) is 97.8 Å². The predicted octanol–water partition coefficient (Wildman–Crippen LogP) is 10.3. The smallest absolute Gasteiger partial charge is 0.308 e. The van der Waals surface area contributed by atoms with Crippen molar-refractivity contribution in [2.75, 3.05) is 0 Å². The lowest BCUT2D eigenvalue weighted by molar-refractivity contribution is -0.151. The summed E-state index contributed by atoms with van der Waals surface area (Å²) in [6.07, 6.45) is 11.5. The zero-order valence-corrected chi connectivity index (χ0v) is 37.0. The SMILES string of the molecule is CCC(O[Si](CC)(CC)C(C)C)C(C)C1OC1CC(C)(O)/C=C/C=C(\C)C1OC(=O)CC(O[Si](CC)(CC)C(C)C)CCC(C)C(O)/C=C/C1C. The molecule has 0 radical (unpaired) electrons. The van der Waals surface area contributed by atoms with Crippen molar-refractivity contribution in [3.8, 4) is 0 Å². The number of aliphatic hydroxyl groups is 2. The van der Waals surface area contributed by atoms with Gasteiger partial charge in [0.2, 0.25) is 0 Å². The zero-order chi connectivity index (χ0) is 38.7. The second kappa shape index (κ2) is 20.6. The summed E-state index contributed by atoms with van der Waals surface area (Å²) < 4.78 is 26.2. The van der Waals surface area contributed by atoms with E-state index in [9.17, 15) is 15.0 Å². The molecule has 10 unspecified atom stereocenters. The first-order valence-corrected chi connectivity index (χ1v) is 25.3. The number of hydrogen-bond acceptors (Lipinski definition) is 7. The first kappa shape index (κ1) is 46.1. The molecule has 2 aliphatic rings. The van der Waals surface area contributed by atoms with E-state index in [1.54, 1.807) is 0 Å². The van der Waals surface area contributed by atoms with Crippen LogP contribution in [0.3, 0.4) is 0 Å². The Bertz CT molecular complexity index is 1140. The monoisotopic (exact) mass is 751 g/mol. The fourth-order valence-electron chi connectivity index (χ4n) is 8.30. The Kier molecular flexibility index (Phi) is 18.6. The van der Waals surface area contributed by atoms with Crippen molar-refractivity contribution in [1.29, 1.82) is 0 Å². The summed E-state index contributed by atoms with van der Waals surface area (Å²) in [5.41, 5.74) is 0.824. The molecule has 2 aliphatic heterocycles. The van der Waals surface area contributed by atoms with Crippen molar-refractivity contribution in [1.82, 2.24) is 0 Å². The van der Waals surface area contributed by atoms with Gasteiger partial charge in [0, 0.05) is 24.4 Å². The largest absolute Gasteiger partial charge is 0.457 e. The Balaban J connectivity index is 2.18. The first-order chi connectivity index (χ1) is 23.8. The van der Waals surface area contributed by atoms with Crippen molar-refractivity contribution >= 4 is 22.6 Å².